The molecule has 3 fully saturated rings. The predicted molar refractivity (Wildman–Crippen MR) is 91.9 cm³/mol. The Morgan fingerprint density at radius 2 is 2.08 bits per heavy atom. The topological polar surface area (TPSA) is 86.4 Å². The summed E-state index contributed by atoms with van der Waals surface area (Å²) in [6.45, 7) is 4.84. The van der Waals surface area contributed by atoms with Crippen LogP contribution in [-0.2, 0) is 11.2 Å². The van der Waals surface area contributed by atoms with E-state index in [1.54, 1.807) is 12.5 Å². The number of rotatable bonds is 4. The van der Waals surface area contributed by atoms with Gasteiger partial charge in [-0.25, -0.2) is 0 Å². The monoisotopic (exact) mass is 350 g/mol. The van der Waals surface area contributed by atoms with Crippen molar-refractivity contribution in [2.45, 2.75) is 63.8 Å². The normalized spacial score (nSPS) is 49.2. The van der Waals surface area contributed by atoms with Crippen LogP contribution in [0.2, 0.25) is 0 Å². The number of furan rings is 1. The smallest absolute Gasteiger partial charge is 0.102 e. The number of aliphatic hydroxyl groups excluding tert-OH is 3. The minimum atomic E-state index is -0.762. The molecule has 3 N–H and O–H groups in total. The van der Waals surface area contributed by atoms with Crippen LogP contribution in [0.25, 0.3) is 0 Å². The molecule has 2 saturated carbocycles. The zero-order chi connectivity index (χ0) is 17.9. The lowest BCUT2D eigenvalue weighted by atomic mass is 9.42. The number of aliphatic hydroxyl groups is 3. The molecular weight excluding hydrogens is 320 g/mol. The molecule has 3 aliphatic rings. The average Bonchev–Trinajstić information content (AvgIpc) is 3.17. The van der Waals surface area contributed by atoms with Gasteiger partial charge in [0.15, 0.2) is 0 Å². The van der Waals surface area contributed by atoms with E-state index in [4.69, 9.17) is 9.15 Å². The van der Waals surface area contributed by atoms with Crippen LogP contribution in [0.1, 0.15) is 45.1 Å². The highest BCUT2D eigenvalue weighted by atomic mass is 16.6. The summed E-state index contributed by atoms with van der Waals surface area (Å²) in [5, 5.41) is 32.5. The maximum absolute atomic E-state index is 11.0. The molecule has 4 rings (SSSR count). The van der Waals surface area contributed by atoms with Gasteiger partial charge in [-0.3, -0.25) is 0 Å². The summed E-state index contributed by atoms with van der Waals surface area (Å²) in [7, 11) is 0. The zero-order valence-corrected chi connectivity index (χ0v) is 15.1. The molecule has 5 heteroatoms. The number of hydrogen-bond acceptors (Lipinski definition) is 5. The summed E-state index contributed by atoms with van der Waals surface area (Å²) in [5.41, 5.74) is -0.251. The van der Waals surface area contributed by atoms with Crippen molar-refractivity contribution in [1.29, 1.82) is 0 Å². The fourth-order valence-corrected chi connectivity index (χ4v) is 6.17. The second-order valence-electron chi connectivity index (χ2n) is 8.86. The lowest BCUT2D eigenvalue weighted by Gasteiger charge is -2.63. The maximum atomic E-state index is 11.0. The van der Waals surface area contributed by atoms with E-state index in [0.717, 1.165) is 18.4 Å². The number of aryl methyl sites for hydroxylation is 1. The largest absolute Gasteiger partial charge is 0.472 e. The van der Waals surface area contributed by atoms with Gasteiger partial charge >= 0.3 is 0 Å². The third-order valence-electron chi connectivity index (χ3n) is 7.93. The van der Waals surface area contributed by atoms with Crippen LogP contribution in [-0.4, -0.2) is 46.3 Å². The number of hydrogen-bond donors (Lipinski definition) is 3. The van der Waals surface area contributed by atoms with Crippen molar-refractivity contribution in [2.24, 2.45) is 22.7 Å². The van der Waals surface area contributed by atoms with Crippen LogP contribution < -0.4 is 0 Å². The third-order valence-corrected chi connectivity index (χ3v) is 7.93. The Labute approximate surface area is 149 Å². The summed E-state index contributed by atoms with van der Waals surface area (Å²) in [4.78, 5) is 0. The molecule has 2 aliphatic carbocycles. The Bertz CT molecular complexity index is 610. The molecule has 7 atom stereocenters. The van der Waals surface area contributed by atoms with E-state index in [2.05, 4.69) is 13.8 Å². The molecule has 1 aliphatic heterocycles. The van der Waals surface area contributed by atoms with E-state index in [0.29, 0.717) is 25.9 Å². The second-order valence-corrected chi connectivity index (χ2v) is 8.86. The van der Waals surface area contributed by atoms with Gasteiger partial charge in [0.25, 0.3) is 0 Å². The molecule has 5 nitrogen and oxygen atoms in total. The molecule has 0 amide bonds. The zero-order valence-electron chi connectivity index (χ0n) is 15.1. The van der Waals surface area contributed by atoms with E-state index >= 15 is 0 Å². The van der Waals surface area contributed by atoms with Crippen molar-refractivity contribution in [2.75, 3.05) is 13.2 Å². The molecule has 1 aromatic rings. The van der Waals surface area contributed by atoms with Crippen LogP contribution in [0.3, 0.4) is 0 Å². The SMILES string of the molecule is C[C@@H]1C[C@H](O)[C@]2(CO)[C@H]([C@@H](O)CC[C@]23CO3)[C@@]1(C)CCc1ccoc1. The Balaban J connectivity index is 1.72. The van der Waals surface area contributed by atoms with E-state index < -0.39 is 23.2 Å². The first kappa shape index (κ1) is 17.5. The molecular formula is C20H30O5. The maximum Gasteiger partial charge on any atom is 0.102 e. The molecule has 2 heterocycles. The number of epoxide rings is 1. The van der Waals surface area contributed by atoms with Crippen molar-refractivity contribution in [3.63, 3.8) is 0 Å². The minimum absolute atomic E-state index is 0.135. The molecule has 0 bridgehead atoms. The third kappa shape index (κ3) is 2.29. The van der Waals surface area contributed by atoms with E-state index in [1.165, 1.54) is 0 Å². The summed E-state index contributed by atoms with van der Waals surface area (Å²) in [6, 6.07) is 1.98. The molecule has 1 aromatic heterocycles. The summed E-state index contributed by atoms with van der Waals surface area (Å²) < 4.78 is 11.0. The van der Waals surface area contributed by atoms with Crippen LogP contribution in [0, 0.1) is 22.7 Å². The highest BCUT2D eigenvalue weighted by Crippen LogP contribution is 2.68. The average molecular weight is 350 g/mol. The molecule has 0 aromatic carbocycles. The Morgan fingerprint density at radius 1 is 1.32 bits per heavy atom. The molecule has 140 valence electrons. The van der Waals surface area contributed by atoms with Crippen molar-refractivity contribution >= 4 is 0 Å². The Kier molecular flexibility index (Phi) is 4.07. The molecule has 1 saturated heterocycles. The van der Waals surface area contributed by atoms with Crippen LogP contribution in [0.4, 0.5) is 0 Å². The molecule has 0 unspecified atom stereocenters. The second kappa shape index (κ2) is 5.81. The van der Waals surface area contributed by atoms with Gasteiger partial charge in [0.05, 0.1) is 43.4 Å². The summed E-state index contributed by atoms with van der Waals surface area (Å²) >= 11 is 0. The number of fused-ring (bicyclic) bond motifs is 2. The van der Waals surface area contributed by atoms with Gasteiger partial charge in [0.1, 0.15) is 5.60 Å². The lowest BCUT2D eigenvalue weighted by Crippen LogP contribution is -2.69. The van der Waals surface area contributed by atoms with Gasteiger partial charge in [-0.1, -0.05) is 13.8 Å². The molecule has 25 heavy (non-hydrogen) atoms. The predicted octanol–water partition coefficient (Wildman–Crippen LogP) is 2.14. The van der Waals surface area contributed by atoms with Crippen molar-refractivity contribution in [1.82, 2.24) is 0 Å². The van der Waals surface area contributed by atoms with Crippen LogP contribution in [0.5, 0.6) is 0 Å². The highest BCUT2D eigenvalue weighted by molar-refractivity contribution is 5.23. The first-order valence-electron chi connectivity index (χ1n) is 9.52. The first-order chi connectivity index (χ1) is 11.9. The van der Waals surface area contributed by atoms with Crippen molar-refractivity contribution in [3.8, 4) is 0 Å². The van der Waals surface area contributed by atoms with Gasteiger partial charge in [0, 0.05) is 5.92 Å². The lowest BCUT2D eigenvalue weighted by molar-refractivity contribution is -0.242. The summed E-state index contributed by atoms with van der Waals surface area (Å²) in [5.74, 6) is 0.0783. The van der Waals surface area contributed by atoms with Crippen LogP contribution >= 0.6 is 0 Å². The van der Waals surface area contributed by atoms with Gasteiger partial charge in [0.2, 0.25) is 0 Å². The minimum Gasteiger partial charge on any atom is -0.472 e. The molecule has 0 radical (unpaired) electrons. The quantitative estimate of drug-likeness (QED) is 0.724. The Morgan fingerprint density at radius 3 is 2.68 bits per heavy atom. The van der Waals surface area contributed by atoms with E-state index in [9.17, 15) is 15.3 Å². The fraction of sp³-hybridized carbons (Fsp3) is 0.800. The number of ether oxygens (including phenoxy) is 1. The Hall–Kier alpha value is -0.880. The standard InChI is InChI=1S/C20H30O5/c1-13-9-16(23)20(11-21)17(15(22)4-7-19(20)12-25-19)18(13,2)6-3-14-5-8-24-10-14/h5,8,10,13,15-17,21-23H,3-4,6-7,9,11-12H2,1-2H3/t13-,15+,16+,17-,18+,19+,20-/m1/s1. The van der Waals surface area contributed by atoms with Gasteiger partial charge < -0.3 is 24.5 Å². The summed E-state index contributed by atoms with van der Waals surface area (Å²) in [6.07, 6.45) is 6.08. The van der Waals surface area contributed by atoms with Crippen molar-refractivity contribution in [3.05, 3.63) is 24.2 Å². The molecule has 1 spiro atoms. The highest BCUT2D eigenvalue weighted by Gasteiger charge is 2.74. The van der Waals surface area contributed by atoms with Crippen molar-refractivity contribution < 1.29 is 24.5 Å². The van der Waals surface area contributed by atoms with E-state index in [1.807, 2.05) is 6.07 Å². The van der Waals surface area contributed by atoms with Gasteiger partial charge in [-0.2, -0.15) is 0 Å². The van der Waals surface area contributed by atoms with Gasteiger partial charge in [-0.15, -0.1) is 0 Å². The first-order valence-corrected chi connectivity index (χ1v) is 9.52. The van der Waals surface area contributed by atoms with E-state index in [-0.39, 0.29) is 23.9 Å². The fourth-order valence-electron chi connectivity index (χ4n) is 6.17. The van der Waals surface area contributed by atoms with Gasteiger partial charge in [-0.05, 0) is 55.1 Å². The van der Waals surface area contributed by atoms with Crippen LogP contribution in [0.15, 0.2) is 23.0 Å².